The first-order valence-electron chi connectivity index (χ1n) is 5.03. The second-order valence-corrected chi connectivity index (χ2v) is 4.05. The van der Waals surface area contributed by atoms with Crippen LogP contribution in [0.3, 0.4) is 0 Å². The minimum Gasteiger partial charge on any atom is -0.459 e. The molecule has 0 saturated carbocycles. The van der Waals surface area contributed by atoms with Gasteiger partial charge in [0, 0.05) is 24.1 Å². The fourth-order valence-electron chi connectivity index (χ4n) is 1.41. The average molecular weight is 189 g/mol. The molecule has 1 aliphatic heterocycles. The van der Waals surface area contributed by atoms with Crippen LogP contribution in [0.15, 0.2) is 21.6 Å². The Kier molecular flexibility index (Phi) is 2.28. The topological polar surface area (TPSA) is 25.5 Å². The van der Waals surface area contributed by atoms with Gasteiger partial charge in [-0.05, 0) is 6.08 Å². The SMILES string of the molecule is CC1C=Cc2oc(C(C)C)cc2N=C1. The molecule has 0 amide bonds. The van der Waals surface area contributed by atoms with Crippen LogP contribution in [-0.2, 0) is 0 Å². The molecule has 14 heavy (non-hydrogen) atoms. The third-order valence-corrected chi connectivity index (χ3v) is 2.33. The predicted molar refractivity (Wildman–Crippen MR) is 59.1 cm³/mol. The lowest BCUT2D eigenvalue weighted by Gasteiger charge is -1.97. The van der Waals surface area contributed by atoms with Crippen LogP contribution in [0.5, 0.6) is 0 Å². The largest absolute Gasteiger partial charge is 0.459 e. The number of furan rings is 1. The number of rotatable bonds is 1. The Bertz CT molecular complexity index is 354. The van der Waals surface area contributed by atoms with Crippen LogP contribution < -0.4 is 0 Å². The third-order valence-electron chi connectivity index (χ3n) is 2.33. The summed E-state index contributed by atoms with van der Waals surface area (Å²) < 4.78 is 5.70. The molecular weight excluding hydrogens is 174 g/mol. The highest BCUT2D eigenvalue weighted by Gasteiger charge is 2.12. The maximum Gasteiger partial charge on any atom is 0.152 e. The fraction of sp³-hybridized carbons (Fsp3) is 0.417. The Morgan fingerprint density at radius 3 is 2.93 bits per heavy atom. The van der Waals surface area contributed by atoms with E-state index in [2.05, 4.69) is 31.8 Å². The molecule has 0 fully saturated rings. The summed E-state index contributed by atoms with van der Waals surface area (Å²) in [7, 11) is 0. The van der Waals surface area contributed by atoms with Gasteiger partial charge in [-0.1, -0.05) is 26.8 Å². The molecule has 1 aliphatic rings. The van der Waals surface area contributed by atoms with Gasteiger partial charge in [-0.25, -0.2) is 0 Å². The molecule has 0 aliphatic carbocycles. The van der Waals surface area contributed by atoms with E-state index < -0.39 is 0 Å². The molecule has 74 valence electrons. The molecule has 2 nitrogen and oxygen atoms in total. The highest BCUT2D eigenvalue weighted by Crippen LogP contribution is 2.31. The average Bonchev–Trinajstić information content (AvgIpc) is 2.48. The third kappa shape index (κ3) is 1.65. The number of hydrogen-bond acceptors (Lipinski definition) is 2. The van der Waals surface area contributed by atoms with E-state index in [4.69, 9.17) is 4.42 Å². The van der Waals surface area contributed by atoms with Gasteiger partial charge in [-0.3, -0.25) is 4.99 Å². The molecule has 1 unspecified atom stereocenters. The molecule has 0 N–H and O–H groups in total. The van der Waals surface area contributed by atoms with E-state index >= 15 is 0 Å². The summed E-state index contributed by atoms with van der Waals surface area (Å²) in [5.74, 6) is 2.70. The minimum absolute atomic E-state index is 0.389. The molecule has 2 heterocycles. The van der Waals surface area contributed by atoms with Crippen molar-refractivity contribution in [3.05, 3.63) is 23.7 Å². The van der Waals surface area contributed by atoms with E-state index in [1.807, 2.05) is 18.4 Å². The zero-order valence-corrected chi connectivity index (χ0v) is 8.82. The summed E-state index contributed by atoms with van der Waals surface area (Å²) in [6, 6.07) is 2.03. The van der Waals surface area contributed by atoms with Gasteiger partial charge in [0.25, 0.3) is 0 Å². The quantitative estimate of drug-likeness (QED) is 0.660. The van der Waals surface area contributed by atoms with Crippen molar-refractivity contribution < 1.29 is 4.42 Å². The molecule has 2 rings (SSSR count). The van der Waals surface area contributed by atoms with Crippen molar-refractivity contribution in [2.24, 2.45) is 10.9 Å². The summed E-state index contributed by atoms with van der Waals surface area (Å²) in [5, 5.41) is 0. The molecule has 0 spiro atoms. The normalized spacial score (nSPS) is 19.9. The molecule has 2 heteroatoms. The Balaban J connectivity index is 2.41. The maximum atomic E-state index is 5.70. The van der Waals surface area contributed by atoms with E-state index in [1.54, 1.807) is 0 Å². The summed E-state index contributed by atoms with van der Waals surface area (Å²) >= 11 is 0. The van der Waals surface area contributed by atoms with Crippen LogP contribution >= 0.6 is 0 Å². The van der Waals surface area contributed by atoms with Crippen molar-refractivity contribution in [3.63, 3.8) is 0 Å². The predicted octanol–water partition coefficient (Wildman–Crippen LogP) is 3.77. The number of aliphatic imine (C=N–C) groups is 1. The first kappa shape index (κ1) is 9.25. The number of nitrogens with zero attached hydrogens (tertiary/aromatic N) is 1. The van der Waals surface area contributed by atoms with Crippen LogP contribution in [0, 0.1) is 5.92 Å². The van der Waals surface area contributed by atoms with Crippen molar-refractivity contribution in [1.29, 1.82) is 0 Å². The van der Waals surface area contributed by atoms with Crippen molar-refractivity contribution in [2.75, 3.05) is 0 Å². The molecule has 1 aromatic heterocycles. The van der Waals surface area contributed by atoms with Crippen LogP contribution in [0.1, 0.15) is 38.2 Å². The first-order valence-corrected chi connectivity index (χ1v) is 5.03. The zero-order valence-electron chi connectivity index (χ0n) is 8.82. The van der Waals surface area contributed by atoms with Crippen molar-refractivity contribution in [3.8, 4) is 0 Å². The van der Waals surface area contributed by atoms with Gasteiger partial charge >= 0.3 is 0 Å². The van der Waals surface area contributed by atoms with Gasteiger partial charge in [0.2, 0.25) is 0 Å². The van der Waals surface area contributed by atoms with Crippen LogP contribution in [-0.4, -0.2) is 6.21 Å². The van der Waals surface area contributed by atoms with Gasteiger partial charge in [0.1, 0.15) is 11.4 Å². The highest BCUT2D eigenvalue weighted by molar-refractivity contribution is 5.75. The van der Waals surface area contributed by atoms with Gasteiger partial charge < -0.3 is 4.42 Å². The zero-order chi connectivity index (χ0) is 10.1. The monoisotopic (exact) mass is 189 g/mol. The Morgan fingerprint density at radius 2 is 2.21 bits per heavy atom. The summed E-state index contributed by atoms with van der Waals surface area (Å²) in [6.07, 6.45) is 6.06. The number of fused-ring (bicyclic) bond motifs is 1. The summed E-state index contributed by atoms with van der Waals surface area (Å²) in [5.41, 5.74) is 0.953. The van der Waals surface area contributed by atoms with E-state index in [0.717, 1.165) is 17.2 Å². The first-order chi connectivity index (χ1) is 6.66. The smallest absolute Gasteiger partial charge is 0.152 e. The molecule has 1 atom stereocenters. The Morgan fingerprint density at radius 1 is 1.43 bits per heavy atom. The Hall–Kier alpha value is -1.31. The lowest BCUT2D eigenvalue weighted by atomic mass is 10.1. The molecule has 0 aromatic carbocycles. The number of hydrogen-bond donors (Lipinski definition) is 0. The van der Waals surface area contributed by atoms with E-state index in [-0.39, 0.29) is 0 Å². The van der Waals surface area contributed by atoms with Crippen LogP contribution in [0.4, 0.5) is 5.69 Å². The molecular formula is C12H15NO. The molecule has 0 radical (unpaired) electrons. The molecule has 0 bridgehead atoms. The lowest BCUT2D eigenvalue weighted by Crippen LogP contribution is -1.87. The minimum atomic E-state index is 0.389. The van der Waals surface area contributed by atoms with Gasteiger partial charge in [-0.15, -0.1) is 0 Å². The van der Waals surface area contributed by atoms with Crippen LogP contribution in [0.2, 0.25) is 0 Å². The van der Waals surface area contributed by atoms with Gasteiger partial charge in [0.05, 0.1) is 0 Å². The van der Waals surface area contributed by atoms with E-state index in [9.17, 15) is 0 Å². The second kappa shape index (κ2) is 3.45. The van der Waals surface area contributed by atoms with E-state index in [0.29, 0.717) is 11.8 Å². The van der Waals surface area contributed by atoms with Crippen LogP contribution in [0.25, 0.3) is 6.08 Å². The van der Waals surface area contributed by atoms with Gasteiger partial charge in [0.15, 0.2) is 5.76 Å². The maximum absolute atomic E-state index is 5.70. The fourth-order valence-corrected chi connectivity index (χ4v) is 1.41. The van der Waals surface area contributed by atoms with Crippen molar-refractivity contribution in [2.45, 2.75) is 26.7 Å². The lowest BCUT2D eigenvalue weighted by molar-refractivity contribution is 0.480. The molecule has 0 saturated heterocycles. The highest BCUT2D eigenvalue weighted by atomic mass is 16.3. The van der Waals surface area contributed by atoms with Crippen molar-refractivity contribution in [1.82, 2.24) is 0 Å². The molecule has 1 aromatic rings. The Labute approximate surface area is 84.3 Å². The second-order valence-electron chi connectivity index (χ2n) is 4.05. The summed E-state index contributed by atoms with van der Waals surface area (Å²) in [6.45, 7) is 6.34. The van der Waals surface area contributed by atoms with E-state index in [1.165, 1.54) is 0 Å². The van der Waals surface area contributed by atoms with Crippen molar-refractivity contribution >= 4 is 18.0 Å². The summed E-state index contributed by atoms with van der Waals surface area (Å²) in [4.78, 5) is 4.39. The standard InChI is InChI=1S/C12H15NO/c1-8(2)12-6-10-11(14-12)5-4-9(3)7-13-10/h4-9H,1-3H3. The van der Waals surface area contributed by atoms with Gasteiger partial charge in [-0.2, -0.15) is 0 Å². The number of allylic oxidation sites excluding steroid dienone is 1.